The lowest BCUT2D eigenvalue weighted by atomic mass is 10.2. The van der Waals surface area contributed by atoms with Crippen LogP contribution in [0.3, 0.4) is 0 Å². The number of nitrogens with one attached hydrogen (secondary N) is 1. The van der Waals surface area contributed by atoms with Crippen molar-refractivity contribution in [1.29, 1.82) is 0 Å². The highest BCUT2D eigenvalue weighted by Crippen LogP contribution is 2.35. The van der Waals surface area contributed by atoms with E-state index in [2.05, 4.69) is 0 Å². The molecule has 4 rings (SSSR count). The van der Waals surface area contributed by atoms with E-state index in [4.69, 9.17) is 4.74 Å². The first-order chi connectivity index (χ1) is 15.2. The Bertz CT molecular complexity index is 1430. The number of aromatic nitrogens is 2. The summed E-state index contributed by atoms with van der Waals surface area (Å²) in [6, 6.07) is 11.1. The summed E-state index contributed by atoms with van der Waals surface area (Å²) in [5.74, 6) is -1.26. The van der Waals surface area contributed by atoms with E-state index in [9.17, 15) is 32.5 Å². The van der Waals surface area contributed by atoms with E-state index in [1.54, 1.807) is 23.2 Å². The van der Waals surface area contributed by atoms with Gasteiger partial charge in [0.25, 0.3) is 21.3 Å². The van der Waals surface area contributed by atoms with Gasteiger partial charge in [-0.05, 0) is 12.1 Å². The van der Waals surface area contributed by atoms with E-state index in [-0.39, 0.29) is 12.3 Å². The van der Waals surface area contributed by atoms with Gasteiger partial charge in [-0.1, -0.05) is 30.3 Å². The van der Waals surface area contributed by atoms with Crippen molar-refractivity contribution in [1.82, 2.24) is 9.55 Å². The van der Waals surface area contributed by atoms with E-state index in [0.29, 0.717) is 11.8 Å². The summed E-state index contributed by atoms with van der Waals surface area (Å²) in [5, 5.41) is 11.4. The highest BCUT2D eigenvalue weighted by Gasteiger charge is 2.36. The standard InChI is InChI=1S/C19H15FN4O7S/c20-13-9-22(19(26)21-18(13)25)17-10-23(14-6-2-1-5-12(14)11-31-17)32(29,30)16-8-4-3-7-15(16)24(27)28/h1-9,17H,10-11H2,(H,21,25,26)/t17-/m0/s1. The zero-order valence-electron chi connectivity index (χ0n) is 16.2. The van der Waals surface area contributed by atoms with Gasteiger partial charge in [-0.15, -0.1) is 0 Å². The summed E-state index contributed by atoms with van der Waals surface area (Å²) < 4.78 is 48.2. The van der Waals surface area contributed by atoms with Crippen LogP contribution < -0.4 is 15.6 Å². The predicted octanol–water partition coefficient (Wildman–Crippen LogP) is 1.51. The summed E-state index contributed by atoms with van der Waals surface area (Å²) in [6.07, 6.45) is -0.712. The quantitative estimate of drug-likeness (QED) is 0.457. The molecule has 0 radical (unpaired) electrons. The number of nitro benzene ring substituents is 1. The second-order valence-electron chi connectivity index (χ2n) is 6.80. The lowest BCUT2D eigenvalue weighted by molar-refractivity contribution is -0.387. The van der Waals surface area contributed by atoms with Crippen LogP contribution in [0.4, 0.5) is 15.8 Å². The lowest BCUT2D eigenvalue weighted by Crippen LogP contribution is -2.41. The summed E-state index contributed by atoms with van der Waals surface area (Å²) in [7, 11) is -4.52. The number of rotatable bonds is 4. The van der Waals surface area contributed by atoms with Gasteiger partial charge in [0.15, 0.2) is 11.1 Å². The van der Waals surface area contributed by atoms with Gasteiger partial charge in [-0.2, -0.15) is 4.39 Å². The largest absolute Gasteiger partial charge is 0.351 e. The van der Waals surface area contributed by atoms with Gasteiger partial charge >= 0.3 is 5.69 Å². The molecule has 166 valence electrons. The first-order valence-electron chi connectivity index (χ1n) is 9.17. The van der Waals surface area contributed by atoms with Crippen molar-refractivity contribution in [2.24, 2.45) is 0 Å². The summed E-state index contributed by atoms with van der Waals surface area (Å²) in [6.45, 7) is -0.659. The Morgan fingerprint density at radius 3 is 2.56 bits per heavy atom. The third-order valence-corrected chi connectivity index (χ3v) is 6.71. The average molecular weight is 462 g/mol. The zero-order valence-corrected chi connectivity index (χ0v) is 17.0. The van der Waals surface area contributed by atoms with Gasteiger partial charge < -0.3 is 4.74 Å². The topological polar surface area (TPSA) is 145 Å². The molecule has 0 aliphatic carbocycles. The number of halogens is 1. The minimum atomic E-state index is -4.52. The molecule has 13 heteroatoms. The van der Waals surface area contributed by atoms with E-state index in [1.165, 1.54) is 18.2 Å². The predicted molar refractivity (Wildman–Crippen MR) is 109 cm³/mol. The molecule has 32 heavy (non-hydrogen) atoms. The van der Waals surface area contributed by atoms with Crippen LogP contribution in [0.15, 0.2) is 69.2 Å². The van der Waals surface area contributed by atoms with Crippen molar-refractivity contribution >= 4 is 21.4 Å². The van der Waals surface area contributed by atoms with Gasteiger partial charge in [0.1, 0.15) is 0 Å². The molecule has 1 aliphatic rings. The van der Waals surface area contributed by atoms with Crippen molar-refractivity contribution in [3.05, 3.63) is 97.1 Å². The Morgan fingerprint density at radius 1 is 1.12 bits per heavy atom. The van der Waals surface area contributed by atoms with Crippen molar-refractivity contribution in [3.63, 3.8) is 0 Å². The maximum Gasteiger partial charge on any atom is 0.330 e. The van der Waals surface area contributed by atoms with Crippen LogP contribution in [0.1, 0.15) is 11.8 Å². The number of hydrogen-bond donors (Lipinski definition) is 1. The van der Waals surface area contributed by atoms with Crippen molar-refractivity contribution in [2.75, 3.05) is 10.8 Å². The number of anilines is 1. The maximum atomic E-state index is 13.9. The fourth-order valence-corrected chi connectivity index (χ4v) is 5.03. The molecule has 0 amide bonds. The Balaban J connectivity index is 1.89. The molecule has 0 bridgehead atoms. The van der Waals surface area contributed by atoms with Crippen molar-refractivity contribution < 1.29 is 22.5 Å². The SMILES string of the molecule is O=c1[nH]c(=O)n([C@@H]2CN(S(=O)(=O)c3ccccc3[N+](=O)[O-])c3ccccc3CO2)cc1F. The molecular weight excluding hydrogens is 447 g/mol. The van der Waals surface area contributed by atoms with Crippen LogP contribution in [-0.4, -0.2) is 29.4 Å². The molecule has 0 saturated carbocycles. The third kappa shape index (κ3) is 3.67. The van der Waals surface area contributed by atoms with E-state index < -0.39 is 55.4 Å². The number of fused-ring (bicyclic) bond motifs is 1. The highest BCUT2D eigenvalue weighted by atomic mass is 32.2. The molecule has 2 heterocycles. The summed E-state index contributed by atoms with van der Waals surface area (Å²) in [5.41, 5.74) is -2.25. The summed E-state index contributed by atoms with van der Waals surface area (Å²) in [4.78, 5) is 35.5. The molecule has 3 aromatic rings. The number of ether oxygens (including phenoxy) is 1. The first-order valence-corrected chi connectivity index (χ1v) is 10.6. The fraction of sp³-hybridized carbons (Fsp3) is 0.158. The average Bonchev–Trinajstić information content (AvgIpc) is 2.97. The van der Waals surface area contributed by atoms with Crippen LogP contribution >= 0.6 is 0 Å². The smallest absolute Gasteiger partial charge is 0.330 e. The van der Waals surface area contributed by atoms with Crippen LogP contribution in [0.2, 0.25) is 0 Å². The Labute approximate surface area is 179 Å². The molecule has 0 unspecified atom stereocenters. The number of nitrogens with zero attached hydrogens (tertiary/aromatic N) is 3. The molecule has 1 aliphatic heterocycles. The molecule has 11 nitrogen and oxygen atoms in total. The molecule has 1 N–H and O–H groups in total. The van der Waals surface area contributed by atoms with Gasteiger partial charge in [-0.25, -0.2) is 13.2 Å². The zero-order chi connectivity index (χ0) is 23.0. The molecule has 0 saturated heterocycles. The molecule has 0 fully saturated rings. The number of aromatic amines is 1. The maximum absolute atomic E-state index is 13.9. The fourth-order valence-electron chi connectivity index (χ4n) is 3.37. The van der Waals surface area contributed by atoms with Crippen LogP contribution in [0, 0.1) is 15.9 Å². The minimum absolute atomic E-state index is 0.142. The Kier molecular flexibility index (Phi) is 5.36. The number of nitro groups is 1. The number of para-hydroxylation sites is 2. The van der Waals surface area contributed by atoms with Gasteiger partial charge in [0.05, 0.1) is 30.0 Å². The second-order valence-corrected chi connectivity index (χ2v) is 8.63. The second kappa shape index (κ2) is 8.01. The van der Waals surface area contributed by atoms with Crippen molar-refractivity contribution in [3.8, 4) is 0 Å². The number of H-pyrrole nitrogens is 1. The minimum Gasteiger partial charge on any atom is -0.351 e. The Morgan fingerprint density at radius 2 is 1.81 bits per heavy atom. The summed E-state index contributed by atoms with van der Waals surface area (Å²) >= 11 is 0. The molecule has 2 aromatic carbocycles. The number of benzene rings is 2. The van der Waals surface area contributed by atoms with E-state index >= 15 is 0 Å². The van der Waals surface area contributed by atoms with Gasteiger partial charge in [0, 0.05) is 11.6 Å². The van der Waals surface area contributed by atoms with Crippen LogP contribution in [0.25, 0.3) is 0 Å². The van der Waals surface area contributed by atoms with Crippen molar-refractivity contribution in [2.45, 2.75) is 17.7 Å². The number of hydrogen-bond acceptors (Lipinski definition) is 7. The third-order valence-electron chi connectivity index (χ3n) is 4.88. The number of sulfonamides is 1. The van der Waals surface area contributed by atoms with Gasteiger partial charge in [-0.3, -0.25) is 28.8 Å². The first kappa shape index (κ1) is 21.4. The lowest BCUT2D eigenvalue weighted by Gasteiger charge is -2.27. The Hall–Kier alpha value is -3.84. The monoisotopic (exact) mass is 462 g/mol. The van der Waals surface area contributed by atoms with Gasteiger partial charge in [0.2, 0.25) is 5.82 Å². The van der Waals surface area contributed by atoms with Crippen LogP contribution in [-0.2, 0) is 21.4 Å². The molecule has 1 atom stereocenters. The molecular formula is C19H15FN4O7S. The van der Waals surface area contributed by atoms with Crippen LogP contribution in [0.5, 0.6) is 0 Å². The highest BCUT2D eigenvalue weighted by molar-refractivity contribution is 7.93. The normalized spacial score (nSPS) is 16.3. The van der Waals surface area contributed by atoms with E-state index in [1.807, 2.05) is 0 Å². The molecule has 1 aromatic heterocycles. The van der Waals surface area contributed by atoms with E-state index in [0.717, 1.165) is 21.0 Å². The molecule has 0 spiro atoms.